The molecule has 0 saturated heterocycles. The van der Waals surface area contributed by atoms with E-state index in [1.54, 1.807) is 12.1 Å². The lowest BCUT2D eigenvalue weighted by Crippen LogP contribution is -2.27. The number of fused-ring (bicyclic) bond motifs is 1. The Hall–Kier alpha value is -1.97. The maximum absolute atomic E-state index is 13.4. The number of rotatable bonds is 2. The molecule has 1 heterocycles. The van der Waals surface area contributed by atoms with Gasteiger partial charge in [0.1, 0.15) is 11.4 Å². The summed E-state index contributed by atoms with van der Waals surface area (Å²) >= 11 is 0. The van der Waals surface area contributed by atoms with Crippen molar-refractivity contribution in [2.24, 2.45) is 0 Å². The largest absolute Gasteiger partial charge is 0.380 e. The molecule has 0 amide bonds. The standard InChI is InChI=1S/C22H24FNO/c1-15-3-8-21-19(13-15)20(16-9-11-24(2)12-10-16)14-22(21,25)17-4-6-18(23)7-5-17/h3-9,13,20,25H,10-12,14H2,1-2H3. The van der Waals surface area contributed by atoms with Crippen LogP contribution < -0.4 is 0 Å². The SMILES string of the molecule is Cc1ccc2c(c1)C(C1=CCN(C)CC1)CC2(O)c1ccc(F)cc1. The average Bonchev–Trinajstić information content (AvgIpc) is 2.89. The summed E-state index contributed by atoms with van der Waals surface area (Å²) in [5.74, 6) is -0.0392. The van der Waals surface area contributed by atoms with Crippen molar-refractivity contribution in [3.05, 3.63) is 82.2 Å². The van der Waals surface area contributed by atoms with E-state index in [2.05, 4.69) is 37.1 Å². The molecule has 4 rings (SSSR count). The van der Waals surface area contributed by atoms with Crippen LogP contribution in [0, 0.1) is 12.7 Å². The van der Waals surface area contributed by atoms with Crippen molar-refractivity contribution >= 4 is 0 Å². The topological polar surface area (TPSA) is 23.5 Å². The van der Waals surface area contributed by atoms with Crippen molar-refractivity contribution in [1.82, 2.24) is 4.90 Å². The van der Waals surface area contributed by atoms with Crippen LogP contribution in [0.25, 0.3) is 0 Å². The van der Waals surface area contributed by atoms with E-state index in [9.17, 15) is 9.50 Å². The Morgan fingerprint density at radius 1 is 1.16 bits per heavy atom. The molecule has 2 unspecified atom stereocenters. The Morgan fingerprint density at radius 2 is 1.92 bits per heavy atom. The first-order valence-corrected chi connectivity index (χ1v) is 8.94. The average molecular weight is 337 g/mol. The number of aryl methyl sites for hydroxylation is 1. The molecule has 0 fully saturated rings. The Labute approximate surface area is 148 Å². The second kappa shape index (κ2) is 6.08. The molecule has 0 bridgehead atoms. The van der Waals surface area contributed by atoms with E-state index in [-0.39, 0.29) is 11.7 Å². The predicted octanol–water partition coefficient (Wildman–Crippen LogP) is 4.12. The Kier molecular flexibility index (Phi) is 4.01. The van der Waals surface area contributed by atoms with Crippen LogP contribution in [0.2, 0.25) is 0 Å². The van der Waals surface area contributed by atoms with Gasteiger partial charge in [-0.3, -0.25) is 0 Å². The lowest BCUT2D eigenvalue weighted by molar-refractivity contribution is 0.0789. The maximum Gasteiger partial charge on any atom is 0.123 e. The highest BCUT2D eigenvalue weighted by molar-refractivity contribution is 5.52. The van der Waals surface area contributed by atoms with E-state index >= 15 is 0 Å². The summed E-state index contributed by atoms with van der Waals surface area (Å²) in [6, 6.07) is 12.6. The Bertz CT molecular complexity index is 826. The van der Waals surface area contributed by atoms with Gasteiger partial charge in [-0.15, -0.1) is 0 Å². The normalized spacial score (nSPS) is 26.4. The zero-order valence-corrected chi connectivity index (χ0v) is 14.8. The van der Waals surface area contributed by atoms with Crippen LogP contribution in [0.3, 0.4) is 0 Å². The summed E-state index contributed by atoms with van der Waals surface area (Å²) in [6.45, 7) is 4.11. The second-order valence-electron chi connectivity index (χ2n) is 7.51. The van der Waals surface area contributed by atoms with Crippen LogP contribution >= 0.6 is 0 Å². The highest BCUT2D eigenvalue weighted by Crippen LogP contribution is 2.52. The first-order chi connectivity index (χ1) is 12.0. The minimum absolute atomic E-state index is 0.235. The fourth-order valence-electron chi connectivity index (χ4n) is 4.30. The van der Waals surface area contributed by atoms with Crippen molar-refractivity contribution in [2.75, 3.05) is 20.1 Å². The molecule has 1 aliphatic heterocycles. The Balaban J connectivity index is 1.80. The summed E-state index contributed by atoms with van der Waals surface area (Å²) in [5, 5.41) is 11.6. The van der Waals surface area contributed by atoms with Crippen molar-refractivity contribution in [1.29, 1.82) is 0 Å². The molecule has 2 aromatic carbocycles. The molecule has 0 saturated carbocycles. The van der Waals surface area contributed by atoms with Gasteiger partial charge in [0.15, 0.2) is 0 Å². The van der Waals surface area contributed by atoms with Gasteiger partial charge in [-0.05, 0) is 55.6 Å². The molecule has 130 valence electrons. The van der Waals surface area contributed by atoms with Gasteiger partial charge in [-0.1, -0.05) is 47.5 Å². The van der Waals surface area contributed by atoms with E-state index in [0.29, 0.717) is 6.42 Å². The zero-order valence-electron chi connectivity index (χ0n) is 14.8. The highest BCUT2D eigenvalue weighted by atomic mass is 19.1. The van der Waals surface area contributed by atoms with Crippen molar-refractivity contribution in [3.8, 4) is 0 Å². The lowest BCUT2D eigenvalue weighted by atomic mass is 9.85. The maximum atomic E-state index is 13.4. The first kappa shape index (κ1) is 16.5. The van der Waals surface area contributed by atoms with Gasteiger partial charge in [0.25, 0.3) is 0 Å². The van der Waals surface area contributed by atoms with Crippen molar-refractivity contribution in [3.63, 3.8) is 0 Å². The fraction of sp³-hybridized carbons (Fsp3) is 0.364. The molecule has 3 heteroatoms. The van der Waals surface area contributed by atoms with E-state index in [1.807, 2.05) is 6.07 Å². The van der Waals surface area contributed by atoms with Gasteiger partial charge < -0.3 is 10.0 Å². The fourth-order valence-corrected chi connectivity index (χ4v) is 4.30. The number of benzene rings is 2. The summed E-state index contributed by atoms with van der Waals surface area (Å²) in [6.07, 6.45) is 3.98. The molecule has 1 N–H and O–H groups in total. The van der Waals surface area contributed by atoms with Crippen molar-refractivity contribution < 1.29 is 9.50 Å². The van der Waals surface area contributed by atoms with E-state index in [0.717, 1.165) is 30.6 Å². The predicted molar refractivity (Wildman–Crippen MR) is 98.1 cm³/mol. The summed E-state index contributed by atoms with van der Waals surface area (Å²) in [4.78, 5) is 2.31. The van der Waals surface area contributed by atoms with Gasteiger partial charge in [0.05, 0.1) is 0 Å². The Morgan fingerprint density at radius 3 is 2.60 bits per heavy atom. The monoisotopic (exact) mass is 337 g/mol. The number of nitrogens with zero attached hydrogens (tertiary/aromatic N) is 1. The van der Waals surface area contributed by atoms with Crippen LogP contribution in [-0.4, -0.2) is 30.1 Å². The molecule has 2 aliphatic rings. The molecule has 2 nitrogen and oxygen atoms in total. The van der Waals surface area contributed by atoms with Crippen LogP contribution in [0.15, 0.2) is 54.1 Å². The number of likely N-dealkylation sites (N-methyl/N-ethyl adjacent to an activating group) is 1. The third-order valence-corrected chi connectivity index (χ3v) is 5.74. The zero-order chi connectivity index (χ0) is 17.6. The molecular formula is C22H24FNO. The molecule has 0 radical (unpaired) electrons. The number of aliphatic hydroxyl groups is 1. The number of halogens is 1. The molecular weight excluding hydrogens is 313 g/mol. The number of hydrogen-bond acceptors (Lipinski definition) is 2. The van der Waals surface area contributed by atoms with Gasteiger partial charge >= 0.3 is 0 Å². The third-order valence-electron chi connectivity index (χ3n) is 5.74. The van der Waals surface area contributed by atoms with E-state index in [1.165, 1.54) is 28.8 Å². The molecule has 1 aliphatic carbocycles. The van der Waals surface area contributed by atoms with Crippen LogP contribution in [0.4, 0.5) is 4.39 Å². The van der Waals surface area contributed by atoms with Crippen molar-refractivity contribution in [2.45, 2.75) is 31.3 Å². The quantitative estimate of drug-likeness (QED) is 0.833. The van der Waals surface area contributed by atoms with Gasteiger partial charge in [-0.2, -0.15) is 0 Å². The molecule has 25 heavy (non-hydrogen) atoms. The third kappa shape index (κ3) is 2.82. The van der Waals surface area contributed by atoms with Gasteiger partial charge in [-0.25, -0.2) is 4.39 Å². The highest BCUT2D eigenvalue weighted by Gasteiger charge is 2.44. The summed E-state index contributed by atoms with van der Waals surface area (Å²) in [7, 11) is 2.13. The lowest BCUT2D eigenvalue weighted by Gasteiger charge is -2.28. The molecule has 0 aromatic heterocycles. The second-order valence-corrected chi connectivity index (χ2v) is 7.51. The van der Waals surface area contributed by atoms with E-state index < -0.39 is 5.60 Å². The smallest absolute Gasteiger partial charge is 0.123 e. The van der Waals surface area contributed by atoms with Crippen LogP contribution in [0.5, 0.6) is 0 Å². The summed E-state index contributed by atoms with van der Waals surface area (Å²) in [5.41, 5.74) is 4.54. The summed E-state index contributed by atoms with van der Waals surface area (Å²) < 4.78 is 13.4. The van der Waals surface area contributed by atoms with Gasteiger partial charge in [0, 0.05) is 19.0 Å². The minimum Gasteiger partial charge on any atom is -0.380 e. The first-order valence-electron chi connectivity index (χ1n) is 8.94. The minimum atomic E-state index is -1.05. The van der Waals surface area contributed by atoms with Crippen LogP contribution in [0.1, 0.15) is 41.0 Å². The molecule has 0 spiro atoms. The molecule has 2 aromatic rings. The number of hydrogen-bond donors (Lipinski definition) is 1. The van der Waals surface area contributed by atoms with E-state index in [4.69, 9.17) is 0 Å². The van der Waals surface area contributed by atoms with Gasteiger partial charge in [0.2, 0.25) is 0 Å². The molecule has 2 atom stereocenters. The van der Waals surface area contributed by atoms with Crippen LogP contribution in [-0.2, 0) is 5.60 Å².